The number of methoxy groups -OCH3 is 1. The van der Waals surface area contributed by atoms with Gasteiger partial charge in [0.15, 0.2) is 0 Å². The number of benzene rings is 3. The Labute approximate surface area is 164 Å². The van der Waals surface area contributed by atoms with Crippen LogP contribution in [0.2, 0.25) is 0 Å². The molecule has 0 atom stereocenters. The summed E-state index contributed by atoms with van der Waals surface area (Å²) in [6, 6.07) is 22.4. The molecular formula is C21H21NO3S2. The second-order valence-electron chi connectivity index (χ2n) is 6.04. The van der Waals surface area contributed by atoms with Crippen molar-refractivity contribution >= 4 is 27.5 Å². The lowest BCUT2D eigenvalue weighted by Crippen LogP contribution is -2.13. The molecule has 0 radical (unpaired) electrons. The zero-order valence-corrected chi connectivity index (χ0v) is 16.8. The number of thioether (sulfide) groups is 1. The summed E-state index contributed by atoms with van der Waals surface area (Å²) in [4.78, 5) is 1.42. The van der Waals surface area contributed by atoms with Gasteiger partial charge in [0.2, 0.25) is 0 Å². The van der Waals surface area contributed by atoms with E-state index in [0.29, 0.717) is 11.4 Å². The number of anilines is 1. The van der Waals surface area contributed by atoms with Gasteiger partial charge in [0.05, 0.1) is 12.0 Å². The van der Waals surface area contributed by atoms with Crippen LogP contribution in [0.3, 0.4) is 0 Å². The summed E-state index contributed by atoms with van der Waals surface area (Å²) in [7, 11) is -2.08. The van der Waals surface area contributed by atoms with Crippen LogP contribution in [-0.2, 0) is 15.8 Å². The fraction of sp³-hybridized carbons (Fsp3) is 0.143. The zero-order chi connectivity index (χ0) is 19.3. The summed E-state index contributed by atoms with van der Waals surface area (Å²) in [5.74, 6) is 1.49. The molecule has 3 rings (SSSR count). The van der Waals surface area contributed by atoms with Crippen molar-refractivity contribution < 1.29 is 13.2 Å². The van der Waals surface area contributed by atoms with Crippen molar-refractivity contribution in [3.05, 3.63) is 83.9 Å². The predicted molar refractivity (Wildman–Crippen MR) is 111 cm³/mol. The highest BCUT2D eigenvalue weighted by molar-refractivity contribution is 7.98. The largest absolute Gasteiger partial charge is 0.496 e. The summed E-state index contributed by atoms with van der Waals surface area (Å²) in [6.45, 7) is 1.82. The normalized spacial score (nSPS) is 11.2. The Morgan fingerprint density at radius 1 is 0.963 bits per heavy atom. The summed E-state index contributed by atoms with van der Waals surface area (Å²) >= 11 is 1.74. The van der Waals surface area contributed by atoms with Gasteiger partial charge in [-0.25, -0.2) is 8.42 Å². The first-order valence-electron chi connectivity index (χ1n) is 8.42. The first-order valence-corrected chi connectivity index (χ1v) is 10.9. The molecule has 0 saturated heterocycles. The van der Waals surface area contributed by atoms with Crippen LogP contribution in [0.25, 0.3) is 0 Å². The van der Waals surface area contributed by atoms with Gasteiger partial charge >= 0.3 is 0 Å². The number of aryl methyl sites for hydroxylation is 1. The van der Waals surface area contributed by atoms with Gasteiger partial charge in [-0.15, -0.1) is 11.8 Å². The van der Waals surface area contributed by atoms with E-state index in [1.807, 2.05) is 37.3 Å². The molecule has 0 aliphatic heterocycles. The third kappa shape index (κ3) is 5.05. The van der Waals surface area contributed by atoms with Crippen LogP contribution in [-0.4, -0.2) is 15.5 Å². The minimum Gasteiger partial charge on any atom is -0.496 e. The van der Waals surface area contributed by atoms with Gasteiger partial charge in [-0.05, 0) is 60.5 Å². The van der Waals surface area contributed by atoms with Crippen LogP contribution in [0.5, 0.6) is 5.75 Å². The van der Waals surface area contributed by atoms with E-state index in [2.05, 4.69) is 16.9 Å². The Hall–Kier alpha value is -2.44. The lowest BCUT2D eigenvalue weighted by molar-refractivity contribution is 0.411. The van der Waals surface area contributed by atoms with Crippen molar-refractivity contribution in [1.82, 2.24) is 0 Å². The molecule has 0 aromatic heterocycles. The van der Waals surface area contributed by atoms with Gasteiger partial charge in [0, 0.05) is 16.3 Å². The number of ether oxygens (including phenoxy) is 1. The molecular weight excluding hydrogens is 378 g/mol. The number of nitrogens with one attached hydrogen (secondary N) is 1. The van der Waals surface area contributed by atoms with Crippen LogP contribution in [0.4, 0.5) is 5.69 Å². The average Bonchev–Trinajstić information content (AvgIpc) is 2.68. The molecule has 6 heteroatoms. The van der Waals surface area contributed by atoms with Crippen LogP contribution < -0.4 is 9.46 Å². The molecule has 0 heterocycles. The topological polar surface area (TPSA) is 55.4 Å². The van der Waals surface area contributed by atoms with Gasteiger partial charge in [-0.2, -0.15) is 0 Å². The third-order valence-electron chi connectivity index (χ3n) is 4.03. The Balaban J connectivity index is 1.67. The minimum atomic E-state index is -3.64. The van der Waals surface area contributed by atoms with E-state index in [1.165, 1.54) is 4.90 Å². The van der Waals surface area contributed by atoms with Crippen molar-refractivity contribution in [2.24, 2.45) is 0 Å². The van der Waals surface area contributed by atoms with Crippen LogP contribution in [0, 0.1) is 6.92 Å². The SMILES string of the molecule is COc1ccc(S(=O)(=O)Nc2ccc(CSc3ccccc3)cc2)cc1C. The Bertz CT molecular complexity index is 1000. The third-order valence-corrected chi connectivity index (χ3v) is 6.49. The Morgan fingerprint density at radius 3 is 2.30 bits per heavy atom. The highest BCUT2D eigenvalue weighted by Gasteiger charge is 2.15. The quantitative estimate of drug-likeness (QED) is 0.562. The summed E-state index contributed by atoms with van der Waals surface area (Å²) in [5, 5.41) is 0. The smallest absolute Gasteiger partial charge is 0.261 e. The molecule has 0 saturated carbocycles. The van der Waals surface area contributed by atoms with Crippen molar-refractivity contribution in [2.45, 2.75) is 22.5 Å². The highest BCUT2D eigenvalue weighted by Crippen LogP contribution is 2.25. The van der Waals surface area contributed by atoms with Crippen molar-refractivity contribution in [2.75, 3.05) is 11.8 Å². The maximum absolute atomic E-state index is 12.6. The standard InChI is InChI=1S/C21H21NO3S2/c1-16-14-20(12-13-21(16)25-2)27(23,24)22-18-10-8-17(9-11-18)15-26-19-6-4-3-5-7-19/h3-14,22H,15H2,1-2H3. The highest BCUT2D eigenvalue weighted by atomic mass is 32.2. The van der Waals surface area contributed by atoms with E-state index in [0.717, 1.165) is 16.9 Å². The first kappa shape index (κ1) is 19.3. The molecule has 1 N–H and O–H groups in total. The first-order chi connectivity index (χ1) is 13.0. The zero-order valence-electron chi connectivity index (χ0n) is 15.2. The van der Waals surface area contributed by atoms with Gasteiger partial charge in [0.25, 0.3) is 10.0 Å². The summed E-state index contributed by atoms with van der Waals surface area (Å²) in [6.07, 6.45) is 0. The summed E-state index contributed by atoms with van der Waals surface area (Å²) < 4.78 is 33.0. The van der Waals surface area contributed by atoms with E-state index >= 15 is 0 Å². The van der Waals surface area contributed by atoms with Crippen molar-refractivity contribution in [3.63, 3.8) is 0 Å². The molecule has 0 bridgehead atoms. The molecule has 0 spiro atoms. The maximum atomic E-state index is 12.6. The number of hydrogen-bond acceptors (Lipinski definition) is 4. The van der Waals surface area contributed by atoms with Crippen LogP contribution >= 0.6 is 11.8 Å². The molecule has 0 amide bonds. The summed E-state index contributed by atoms with van der Waals surface area (Å²) in [5.41, 5.74) is 2.44. The van der Waals surface area contributed by atoms with E-state index in [-0.39, 0.29) is 4.90 Å². The molecule has 0 unspecified atom stereocenters. The number of rotatable bonds is 7. The molecule has 140 valence electrons. The monoisotopic (exact) mass is 399 g/mol. The predicted octanol–water partition coefficient (Wildman–Crippen LogP) is 5.10. The average molecular weight is 400 g/mol. The van der Waals surface area contributed by atoms with Crippen LogP contribution in [0.1, 0.15) is 11.1 Å². The van der Waals surface area contributed by atoms with E-state index in [4.69, 9.17) is 4.74 Å². The number of sulfonamides is 1. The number of hydrogen-bond donors (Lipinski definition) is 1. The van der Waals surface area contributed by atoms with Crippen LogP contribution in [0.15, 0.2) is 82.6 Å². The molecule has 0 aliphatic rings. The second-order valence-corrected chi connectivity index (χ2v) is 8.77. The fourth-order valence-electron chi connectivity index (χ4n) is 2.58. The molecule has 0 aliphatic carbocycles. The lowest BCUT2D eigenvalue weighted by atomic mass is 10.2. The maximum Gasteiger partial charge on any atom is 0.261 e. The van der Waals surface area contributed by atoms with Crippen molar-refractivity contribution in [1.29, 1.82) is 0 Å². The van der Waals surface area contributed by atoms with Gasteiger partial charge in [-0.1, -0.05) is 30.3 Å². The second kappa shape index (κ2) is 8.50. The van der Waals surface area contributed by atoms with E-state index in [1.54, 1.807) is 49.2 Å². The van der Waals surface area contributed by atoms with E-state index < -0.39 is 10.0 Å². The Kier molecular flexibility index (Phi) is 6.08. The molecule has 4 nitrogen and oxygen atoms in total. The minimum absolute atomic E-state index is 0.213. The van der Waals surface area contributed by atoms with Gasteiger partial charge < -0.3 is 4.74 Å². The molecule has 27 heavy (non-hydrogen) atoms. The van der Waals surface area contributed by atoms with Gasteiger partial charge in [0.1, 0.15) is 5.75 Å². The van der Waals surface area contributed by atoms with E-state index in [9.17, 15) is 8.42 Å². The van der Waals surface area contributed by atoms with Crippen molar-refractivity contribution in [3.8, 4) is 5.75 Å². The molecule has 3 aromatic carbocycles. The Morgan fingerprint density at radius 2 is 1.67 bits per heavy atom. The van der Waals surface area contributed by atoms with Gasteiger partial charge in [-0.3, -0.25) is 4.72 Å². The molecule has 0 fully saturated rings. The lowest BCUT2D eigenvalue weighted by Gasteiger charge is -2.11. The molecule has 3 aromatic rings. The fourth-order valence-corrected chi connectivity index (χ4v) is 4.60.